The molecular weight excluding hydrogens is 685 g/mol. The van der Waals surface area contributed by atoms with Crippen molar-refractivity contribution in [2.24, 2.45) is 20.5 Å². The van der Waals surface area contributed by atoms with E-state index in [-0.39, 0.29) is 30.4 Å². The van der Waals surface area contributed by atoms with Crippen molar-refractivity contribution in [2.45, 2.75) is 18.2 Å². The lowest BCUT2D eigenvalue weighted by Crippen LogP contribution is -2.16. The van der Waals surface area contributed by atoms with Crippen LogP contribution < -0.4 is 10.6 Å². The van der Waals surface area contributed by atoms with Crippen LogP contribution in [0.3, 0.4) is 0 Å². The van der Waals surface area contributed by atoms with Gasteiger partial charge in [-0.15, -0.1) is 15.3 Å². The Labute approximate surface area is 290 Å². The normalized spacial score (nSPS) is 12.0. The fraction of sp³-hybridized carbons (Fsp3) is 0.273. The van der Waals surface area contributed by atoms with Gasteiger partial charge in [0.05, 0.1) is 46.5 Å². The molecule has 0 unspecified atom stereocenters. The molecule has 0 aliphatic rings. The van der Waals surface area contributed by atoms with E-state index in [2.05, 4.69) is 48.7 Å². The van der Waals surface area contributed by atoms with Crippen molar-refractivity contribution < 1.29 is 30.9 Å². The summed E-state index contributed by atoms with van der Waals surface area (Å²) in [6, 6.07) is 18.3. The Balaban J connectivity index is 1.63. The van der Waals surface area contributed by atoms with E-state index in [1.165, 1.54) is 24.3 Å². The summed E-state index contributed by atoms with van der Waals surface area (Å²) in [5, 5.41) is 36.4. The summed E-state index contributed by atoms with van der Waals surface area (Å²) in [4.78, 5) is 4.40. The van der Waals surface area contributed by atoms with Gasteiger partial charge in [0.15, 0.2) is 15.7 Å². The molecule has 0 saturated heterocycles. The number of nitrogens with one attached hydrogen (secondary N) is 2. The van der Waals surface area contributed by atoms with Gasteiger partial charge in [0, 0.05) is 48.6 Å². The SMILES string of the molecule is C=CS(=O)(=O)CCOCCNc1nc(NCCCOC)c(C#N)c(C)c1/N=N/c1ccc(/N=N/c2ccc(S(=O)(=O)O)cc2)c2ccccc12. The van der Waals surface area contributed by atoms with Crippen molar-refractivity contribution in [1.29, 1.82) is 5.26 Å². The fourth-order valence-electron chi connectivity index (χ4n) is 4.57. The van der Waals surface area contributed by atoms with Crippen LogP contribution >= 0.6 is 0 Å². The molecule has 1 heterocycles. The Morgan fingerprint density at radius 1 is 0.880 bits per heavy atom. The third-order valence-electron chi connectivity index (χ3n) is 7.19. The highest BCUT2D eigenvalue weighted by Crippen LogP contribution is 2.38. The third kappa shape index (κ3) is 10.2. The fourth-order valence-corrected chi connectivity index (χ4v) is 5.57. The van der Waals surface area contributed by atoms with Crippen molar-refractivity contribution in [3.05, 3.63) is 83.8 Å². The van der Waals surface area contributed by atoms with E-state index in [0.29, 0.717) is 70.5 Å². The van der Waals surface area contributed by atoms with Crippen LogP contribution in [0.2, 0.25) is 0 Å². The Bertz CT molecular complexity index is 2150. The molecule has 3 N–H and O–H groups in total. The lowest BCUT2D eigenvalue weighted by molar-refractivity contribution is 0.159. The summed E-state index contributed by atoms with van der Waals surface area (Å²) in [5.74, 6) is 0.530. The van der Waals surface area contributed by atoms with Gasteiger partial charge in [0.2, 0.25) is 0 Å². The van der Waals surface area contributed by atoms with Gasteiger partial charge < -0.3 is 20.1 Å². The second-order valence-corrected chi connectivity index (χ2v) is 14.1. The Morgan fingerprint density at radius 2 is 1.52 bits per heavy atom. The molecule has 0 spiro atoms. The quantitative estimate of drug-likeness (QED) is 0.0544. The smallest absolute Gasteiger partial charge is 0.294 e. The summed E-state index contributed by atoms with van der Waals surface area (Å²) in [6.45, 7) is 6.53. The molecule has 0 aliphatic heterocycles. The molecule has 262 valence electrons. The summed E-state index contributed by atoms with van der Waals surface area (Å²) < 4.78 is 65.8. The van der Waals surface area contributed by atoms with E-state index < -0.39 is 20.0 Å². The molecule has 4 rings (SSSR count). The van der Waals surface area contributed by atoms with E-state index in [1.807, 2.05) is 24.3 Å². The van der Waals surface area contributed by atoms with Crippen molar-refractivity contribution in [2.75, 3.05) is 56.4 Å². The number of benzene rings is 3. The predicted molar refractivity (Wildman–Crippen MR) is 191 cm³/mol. The van der Waals surface area contributed by atoms with Gasteiger partial charge in [-0.2, -0.15) is 18.8 Å². The highest BCUT2D eigenvalue weighted by Gasteiger charge is 2.18. The van der Waals surface area contributed by atoms with Crippen LogP contribution in [0.25, 0.3) is 10.8 Å². The summed E-state index contributed by atoms with van der Waals surface area (Å²) >= 11 is 0. The molecule has 0 fully saturated rings. The second kappa shape index (κ2) is 17.5. The van der Waals surface area contributed by atoms with Crippen molar-refractivity contribution >= 4 is 65.1 Å². The number of methoxy groups -OCH3 is 1. The zero-order valence-electron chi connectivity index (χ0n) is 27.4. The number of nitriles is 1. The summed E-state index contributed by atoms with van der Waals surface area (Å²) in [7, 11) is -6.10. The van der Waals surface area contributed by atoms with Crippen molar-refractivity contribution in [3.8, 4) is 6.07 Å². The number of ether oxygens (including phenoxy) is 2. The Kier molecular flexibility index (Phi) is 13.2. The number of anilines is 2. The van der Waals surface area contributed by atoms with Crippen molar-refractivity contribution in [3.63, 3.8) is 0 Å². The molecule has 0 amide bonds. The number of azo groups is 2. The maximum atomic E-state index is 11.7. The van der Waals surface area contributed by atoms with Crippen LogP contribution in [-0.4, -0.2) is 72.1 Å². The number of sulfone groups is 1. The Morgan fingerprint density at radius 3 is 2.12 bits per heavy atom. The van der Waals surface area contributed by atoms with Gasteiger partial charge in [-0.05, 0) is 49.7 Å². The summed E-state index contributed by atoms with van der Waals surface area (Å²) in [5.41, 5.74) is 2.59. The minimum Gasteiger partial charge on any atom is -0.385 e. The Hall–Kier alpha value is -5.12. The average molecular weight is 721 g/mol. The van der Waals surface area contributed by atoms with Gasteiger partial charge in [0.1, 0.15) is 17.6 Å². The zero-order chi connectivity index (χ0) is 36.1. The first-order chi connectivity index (χ1) is 24.0. The number of fused-ring (bicyclic) bond motifs is 1. The third-order valence-corrected chi connectivity index (χ3v) is 9.30. The van der Waals surface area contributed by atoms with Gasteiger partial charge in [-0.3, -0.25) is 4.55 Å². The number of aromatic nitrogens is 1. The van der Waals surface area contributed by atoms with E-state index in [1.54, 1.807) is 26.2 Å². The molecule has 0 bridgehead atoms. The number of nitrogens with zero attached hydrogens (tertiary/aromatic N) is 6. The predicted octanol–water partition coefficient (Wildman–Crippen LogP) is 6.93. The van der Waals surface area contributed by atoms with Crippen LogP contribution in [0, 0.1) is 18.3 Å². The lowest BCUT2D eigenvalue weighted by atomic mass is 10.1. The minimum atomic E-state index is -4.33. The zero-order valence-corrected chi connectivity index (χ0v) is 29.0. The van der Waals surface area contributed by atoms with E-state index in [4.69, 9.17) is 9.47 Å². The van der Waals surface area contributed by atoms with Crippen LogP contribution in [0.5, 0.6) is 0 Å². The van der Waals surface area contributed by atoms with E-state index in [0.717, 1.165) is 10.8 Å². The first kappa shape index (κ1) is 37.7. The molecule has 50 heavy (non-hydrogen) atoms. The number of rotatable bonds is 18. The molecule has 0 radical (unpaired) electrons. The molecule has 0 saturated carbocycles. The number of hydrogen-bond acceptors (Lipinski definition) is 14. The maximum Gasteiger partial charge on any atom is 0.294 e. The molecule has 4 aromatic rings. The second-order valence-electron chi connectivity index (χ2n) is 10.6. The van der Waals surface area contributed by atoms with E-state index >= 15 is 0 Å². The van der Waals surface area contributed by atoms with Crippen LogP contribution in [0.15, 0.2) is 98.0 Å². The highest BCUT2D eigenvalue weighted by atomic mass is 32.2. The molecule has 17 heteroatoms. The molecule has 1 aromatic heterocycles. The average Bonchev–Trinajstić information content (AvgIpc) is 3.10. The first-order valence-corrected chi connectivity index (χ1v) is 18.4. The van der Waals surface area contributed by atoms with Gasteiger partial charge in [-0.25, -0.2) is 13.4 Å². The van der Waals surface area contributed by atoms with Gasteiger partial charge >= 0.3 is 0 Å². The maximum absolute atomic E-state index is 11.7. The standard InChI is InChI=1S/C33H36N8O7S2/c1-4-49(42,43)21-20-48-19-17-36-33-31(23(2)28(22-34)32(37-33)35-16-7-18-47-3)41-40-30-15-14-29(26-8-5-6-9-27(26)30)39-38-24-10-12-25(13-11-24)50(44,45)46/h4-6,8-15H,1,7,16-21H2,2-3H3,(H2,35,36,37)(H,44,45,46)/b39-38+,41-40+. The molecule has 15 nitrogen and oxygen atoms in total. The lowest BCUT2D eigenvalue weighted by Gasteiger charge is -2.16. The molecule has 3 aromatic carbocycles. The van der Waals surface area contributed by atoms with E-state index in [9.17, 15) is 26.7 Å². The monoisotopic (exact) mass is 720 g/mol. The topological polar surface area (TPSA) is 217 Å². The van der Waals surface area contributed by atoms with Gasteiger partial charge in [0.25, 0.3) is 10.1 Å². The number of hydrogen-bond donors (Lipinski definition) is 3. The first-order valence-electron chi connectivity index (χ1n) is 15.2. The largest absolute Gasteiger partial charge is 0.385 e. The number of pyridine rings is 1. The van der Waals surface area contributed by atoms with Crippen LogP contribution in [0.1, 0.15) is 17.5 Å². The summed E-state index contributed by atoms with van der Waals surface area (Å²) in [6.07, 6.45) is 0.691. The molecule has 0 atom stereocenters. The molecule has 0 aliphatic carbocycles. The highest BCUT2D eigenvalue weighted by molar-refractivity contribution is 7.94. The van der Waals surface area contributed by atoms with Crippen LogP contribution in [0.4, 0.5) is 34.4 Å². The minimum absolute atomic E-state index is 0.00229. The molecular formula is C33H36N8O7S2. The van der Waals surface area contributed by atoms with Gasteiger partial charge in [-0.1, -0.05) is 30.8 Å². The van der Waals surface area contributed by atoms with Crippen molar-refractivity contribution in [1.82, 2.24) is 4.98 Å². The van der Waals surface area contributed by atoms with Crippen LogP contribution in [-0.2, 0) is 29.4 Å².